The Hall–Kier alpha value is -1.99. The molecule has 0 aromatic carbocycles. The van der Waals surface area contributed by atoms with Gasteiger partial charge in [0.25, 0.3) is 5.91 Å². The average molecular weight is 347 g/mol. The highest BCUT2D eigenvalue weighted by Crippen LogP contribution is 2.38. The molecule has 1 atom stereocenters. The molecule has 1 aliphatic rings. The van der Waals surface area contributed by atoms with Gasteiger partial charge in [-0.25, -0.2) is 9.97 Å². The SMILES string of the molecule is COc1ccc([C@H](NC(=O)c2sc(C)nc2C)C2CC(O)C2)cn1. The van der Waals surface area contributed by atoms with E-state index in [2.05, 4.69) is 15.3 Å². The van der Waals surface area contributed by atoms with Gasteiger partial charge in [-0.1, -0.05) is 6.07 Å². The number of ether oxygens (including phenoxy) is 1. The summed E-state index contributed by atoms with van der Waals surface area (Å²) in [7, 11) is 1.57. The first kappa shape index (κ1) is 16.9. The molecule has 6 nitrogen and oxygen atoms in total. The molecule has 0 aliphatic heterocycles. The van der Waals surface area contributed by atoms with Crippen molar-refractivity contribution in [3.05, 3.63) is 39.5 Å². The molecule has 3 rings (SSSR count). The van der Waals surface area contributed by atoms with Crippen molar-refractivity contribution in [1.82, 2.24) is 15.3 Å². The second-order valence-electron chi connectivity index (χ2n) is 6.12. The average Bonchev–Trinajstić information content (AvgIpc) is 2.88. The number of pyridine rings is 1. The number of amides is 1. The number of carbonyl (C=O) groups excluding carboxylic acids is 1. The van der Waals surface area contributed by atoms with E-state index in [4.69, 9.17) is 4.74 Å². The van der Waals surface area contributed by atoms with Crippen molar-refractivity contribution in [1.29, 1.82) is 0 Å². The third-order valence-corrected chi connectivity index (χ3v) is 5.42. The molecule has 1 amide bonds. The van der Waals surface area contributed by atoms with Crippen LogP contribution < -0.4 is 10.1 Å². The number of hydrogen-bond acceptors (Lipinski definition) is 6. The number of nitrogens with one attached hydrogen (secondary N) is 1. The van der Waals surface area contributed by atoms with E-state index in [1.807, 2.05) is 19.9 Å². The van der Waals surface area contributed by atoms with Crippen LogP contribution in [0, 0.1) is 19.8 Å². The zero-order valence-corrected chi connectivity index (χ0v) is 14.8. The topological polar surface area (TPSA) is 84.3 Å². The van der Waals surface area contributed by atoms with Gasteiger partial charge in [0.2, 0.25) is 5.88 Å². The van der Waals surface area contributed by atoms with Crippen LogP contribution in [0.1, 0.15) is 44.8 Å². The highest BCUT2D eigenvalue weighted by atomic mass is 32.1. The highest BCUT2D eigenvalue weighted by molar-refractivity contribution is 7.13. The minimum Gasteiger partial charge on any atom is -0.481 e. The molecular formula is C17H21N3O3S. The van der Waals surface area contributed by atoms with Crippen molar-refractivity contribution < 1.29 is 14.6 Å². The lowest BCUT2D eigenvalue weighted by atomic mass is 9.75. The minimum atomic E-state index is -0.284. The molecule has 1 aliphatic carbocycles. The summed E-state index contributed by atoms with van der Waals surface area (Å²) in [6.45, 7) is 3.73. The summed E-state index contributed by atoms with van der Waals surface area (Å²) >= 11 is 1.40. The first-order valence-electron chi connectivity index (χ1n) is 7.90. The fraction of sp³-hybridized carbons (Fsp3) is 0.471. The second kappa shape index (κ2) is 6.86. The van der Waals surface area contributed by atoms with Gasteiger partial charge in [0, 0.05) is 12.3 Å². The van der Waals surface area contributed by atoms with Crippen molar-refractivity contribution in [2.24, 2.45) is 5.92 Å². The number of thiazole rings is 1. The van der Waals surface area contributed by atoms with Crippen LogP contribution in [0.2, 0.25) is 0 Å². The standard InChI is InChI=1S/C17H21N3O3S/c1-9-16(24-10(2)19-9)17(22)20-15(12-6-13(21)7-12)11-4-5-14(23-3)18-8-11/h4-5,8,12-13,15,21H,6-7H2,1-3H3,(H,20,22)/t12?,13?,15-/m0/s1. The Morgan fingerprint density at radius 3 is 2.67 bits per heavy atom. The third-order valence-electron chi connectivity index (χ3n) is 4.34. The first-order chi connectivity index (χ1) is 11.5. The van der Waals surface area contributed by atoms with Crippen LogP contribution in [-0.2, 0) is 0 Å². The van der Waals surface area contributed by atoms with E-state index in [-0.39, 0.29) is 24.0 Å². The van der Waals surface area contributed by atoms with Crippen LogP contribution in [-0.4, -0.2) is 34.2 Å². The molecule has 1 fully saturated rings. The monoisotopic (exact) mass is 347 g/mol. The number of methoxy groups -OCH3 is 1. The Labute approximate surface area is 144 Å². The lowest BCUT2D eigenvalue weighted by Gasteiger charge is -2.38. The van der Waals surface area contributed by atoms with Gasteiger partial charge in [-0.2, -0.15) is 0 Å². The van der Waals surface area contributed by atoms with Gasteiger partial charge in [0.05, 0.1) is 30.0 Å². The summed E-state index contributed by atoms with van der Waals surface area (Å²) < 4.78 is 5.09. The van der Waals surface area contributed by atoms with Crippen LogP contribution in [0.4, 0.5) is 0 Å². The molecule has 2 N–H and O–H groups in total. The summed E-state index contributed by atoms with van der Waals surface area (Å²) in [5, 5.41) is 13.6. The van der Waals surface area contributed by atoms with Crippen LogP contribution in [0.15, 0.2) is 18.3 Å². The summed E-state index contributed by atoms with van der Waals surface area (Å²) in [4.78, 5) is 21.8. The zero-order valence-electron chi connectivity index (χ0n) is 13.9. The van der Waals surface area contributed by atoms with E-state index >= 15 is 0 Å². The lowest BCUT2D eigenvalue weighted by molar-refractivity contribution is 0.0235. The Balaban J connectivity index is 1.82. The van der Waals surface area contributed by atoms with E-state index < -0.39 is 0 Å². The lowest BCUT2D eigenvalue weighted by Crippen LogP contribution is -2.41. The summed E-state index contributed by atoms with van der Waals surface area (Å²) in [5.74, 6) is 0.611. The molecule has 2 aromatic rings. The van der Waals surface area contributed by atoms with Gasteiger partial charge in [-0.3, -0.25) is 4.79 Å². The summed E-state index contributed by atoms with van der Waals surface area (Å²) in [6.07, 6.45) is 2.79. The minimum absolute atomic E-state index is 0.125. The summed E-state index contributed by atoms with van der Waals surface area (Å²) in [5.41, 5.74) is 1.66. The van der Waals surface area contributed by atoms with Crippen molar-refractivity contribution in [3.63, 3.8) is 0 Å². The van der Waals surface area contributed by atoms with E-state index in [1.54, 1.807) is 19.4 Å². The smallest absolute Gasteiger partial charge is 0.263 e. The number of aliphatic hydroxyl groups is 1. The van der Waals surface area contributed by atoms with E-state index in [1.165, 1.54) is 11.3 Å². The molecule has 1 saturated carbocycles. The van der Waals surface area contributed by atoms with Crippen molar-refractivity contribution >= 4 is 17.2 Å². The Kier molecular flexibility index (Phi) is 4.82. The van der Waals surface area contributed by atoms with E-state index in [0.717, 1.165) is 16.3 Å². The molecule has 7 heteroatoms. The number of nitrogens with zero attached hydrogens (tertiary/aromatic N) is 2. The molecule has 128 valence electrons. The molecular weight excluding hydrogens is 326 g/mol. The Bertz CT molecular complexity index is 723. The quantitative estimate of drug-likeness (QED) is 0.868. The predicted molar refractivity (Wildman–Crippen MR) is 91.3 cm³/mol. The van der Waals surface area contributed by atoms with Gasteiger partial charge in [-0.05, 0) is 38.2 Å². The largest absolute Gasteiger partial charge is 0.481 e. The van der Waals surface area contributed by atoms with Crippen molar-refractivity contribution in [3.8, 4) is 5.88 Å². The normalized spacial score (nSPS) is 21.0. The first-order valence-corrected chi connectivity index (χ1v) is 8.72. The van der Waals surface area contributed by atoms with Crippen molar-refractivity contribution in [2.75, 3.05) is 7.11 Å². The number of hydrogen-bond donors (Lipinski definition) is 2. The Morgan fingerprint density at radius 2 is 2.17 bits per heavy atom. The van der Waals surface area contributed by atoms with E-state index in [0.29, 0.717) is 23.6 Å². The number of aromatic nitrogens is 2. The van der Waals surface area contributed by atoms with Crippen LogP contribution in [0.25, 0.3) is 0 Å². The molecule has 0 spiro atoms. The molecule has 2 aromatic heterocycles. The fourth-order valence-electron chi connectivity index (χ4n) is 3.02. The zero-order chi connectivity index (χ0) is 17.3. The van der Waals surface area contributed by atoms with Gasteiger partial charge < -0.3 is 15.2 Å². The maximum absolute atomic E-state index is 12.7. The van der Waals surface area contributed by atoms with Crippen LogP contribution in [0.5, 0.6) is 5.88 Å². The maximum atomic E-state index is 12.7. The van der Waals surface area contributed by atoms with Crippen LogP contribution in [0.3, 0.4) is 0 Å². The number of carbonyl (C=O) groups is 1. The van der Waals surface area contributed by atoms with Crippen molar-refractivity contribution in [2.45, 2.75) is 38.8 Å². The number of rotatable bonds is 5. The third kappa shape index (κ3) is 3.42. The van der Waals surface area contributed by atoms with E-state index in [9.17, 15) is 9.90 Å². The molecule has 0 radical (unpaired) electrons. The molecule has 0 bridgehead atoms. The van der Waals surface area contributed by atoms with Gasteiger partial charge in [-0.15, -0.1) is 11.3 Å². The van der Waals surface area contributed by atoms with Gasteiger partial charge in [0.1, 0.15) is 4.88 Å². The Morgan fingerprint density at radius 1 is 1.42 bits per heavy atom. The van der Waals surface area contributed by atoms with Gasteiger partial charge in [0.15, 0.2) is 0 Å². The fourth-order valence-corrected chi connectivity index (χ4v) is 3.84. The molecule has 24 heavy (non-hydrogen) atoms. The van der Waals surface area contributed by atoms with Crippen LogP contribution >= 0.6 is 11.3 Å². The predicted octanol–water partition coefficient (Wildman–Crippen LogP) is 2.41. The summed E-state index contributed by atoms with van der Waals surface area (Å²) in [6, 6.07) is 3.51. The molecule has 0 unspecified atom stereocenters. The second-order valence-corrected chi connectivity index (χ2v) is 7.32. The molecule has 0 saturated heterocycles. The highest BCUT2D eigenvalue weighted by Gasteiger charge is 2.36. The number of aliphatic hydroxyl groups excluding tert-OH is 1. The van der Waals surface area contributed by atoms with Gasteiger partial charge >= 0.3 is 0 Å². The molecule has 2 heterocycles. The number of aryl methyl sites for hydroxylation is 2. The maximum Gasteiger partial charge on any atom is 0.263 e.